The summed E-state index contributed by atoms with van der Waals surface area (Å²) in [5.74, 6) is 1.45. The standard InChI is InChI=1S/C21H21N3O4/c1-4-28-14-13-24-21(25)22-19(15-5-9-17(26-2)10-6-15)20(23-24)16-7-11-18(27-3)12-8-16/h4-12H,1,13-14H2,2-3H3. The van der Waals surface area contributed by atoms with Crippen LogP contribution in [0.4, 0.5) is 0 Å². The van der Waals surface area contributed by atoms with Crippen LogP contribution in [-0.4, -0.2) is 35.6 Å². The van der Waals surface area contributed by atoms with E-state index in [2.05, 4.69) is 16.7 Å². The second kappa shape index (κ2) is 8.85. The highest BCUT2D eigenvalue weighted by atomic mass is 16.5. The van der Waals surface area contributed by atoms with E-state index in [9.17, 15) is 4.79 Å². The molecule has 2 aromatic carbocycles. The Balaban J connectivity index is 2.11. The van der Waals surface area contributed by atoms with Gasteiger partial charge in [0.2, 0.25) is 0 Å². The lowest BCUT2D eigenvalue weighted by Gasteiger charge is -2.12. The van der Waals surface area contributed by atoms with E-state index in [0.717, 1.165) is 22.6 Å². The van der Waals surface area contributed by atoms with E-state index in [-0.39, 0.29) is 13.2 Å². The fourth-order valence-electron chi connectivity index (χ4n) is 2.68. The minimum absolute atomic E-state index is 0.268. The van der Waals surface area contributed by atoms with Crippen molar-refractivity contribution in [2.75, 3.05) is 20.8 Å². The lowest BCUT2D eigenvalue weighted by Crippen LogP contribution is -2.28. The maximum absolute atomic E-state index is 12.5. The monoisotopic (exact) mass is 379 g/mol. The summed E-state index contributed by atoms with van der Waals surface area (Å²) in [5.41, 5.74) is 2.23. The molecule has 0 saturated carbocycles. The van der Waals surface area contributed by atoms with Gasteiger partial charge >= 0.3 is 5.69 Å². The lowest BCUT2D eigenvalue weighted by molar-refractivity contribution is 0.228. The highest BCUT2D eigenvalue weighted by molar-refractivity contribution is 5.77. The molecule has 0 amide bonds. The molecule has 0 fully saturated rings. The van der Waals surface area contributed by atoms with Crippen molar-refractivity contribution >= 4 is 0 Å². The van der Waals surface area contributed by atoms with E-state index in [0.29, 0.717) is 11.4 Å². The molecule has 3 aromatic rings. The zero-order chi connectivity index (χ0) is 19.9. The van der Waals surface area contributed by atoms with Crippen molar-refractivity contribution in [3.05, 3.63) is 71.9 Å². The molecule has 0 aliphatic carbocycles. The van der Waals surface area contributed by atoms with Crippen molar-refractivity contribution in [2.24, 2.45) is 0 Å². The summed E-state index contributed by atoms with van der Waals surface area (Å²) in [7, 11) is 3.21. The molecule has 3 rings (SSSR count). The number of hydrogen-bond acceptors (Lipinski definition) is 6. The normalized spacial score (nSPS) is 10.4. The molecule has 0 atom stereocenters. The number of ether oxygens (including phenoxy) is 3. The zero-order valence-corrected chi connectivity index (χ0v) is 15.8. The van der Waals surface area contributed by atoms with Crippen LogP contribution in [0, 0.1) is 0 Å². The van der Waals surface area contributed by atoms with Gasteiger partial charge in [0, 0.05) is 11.1 Å². The number of methoxy groups -OCH3 is 2. The topological polar surface area (TPSA) is 75.5 Å². The van der Waals surface area contributed by atoms with Gasteiger partial charge in [-0.2, -0.15) is 10.1 Å². The second-order valence-corrected chi connectivity index (χ2v) is 5.81. The summed E-state index contributed by atoms with van der Waals surface area (Å²) < 4.78 is 16.8. The van der Waals surface area contributed by atoms with Crippen molar-refractivity contribution in [3.8, 4) is 34.0 Å². The molecule has 0 unspecified atom stereocenters. The summed E-state index contributed by atoms with van der Waals surface area (Å²) >= 11 is 0. The molecule has 1 aromatic heterocycles. The van der Waals surface area contributed by atoms with Crippen LogP contribution in [0.1, 0.15) is 0 Å². The molecule has 144 valence electrons. The van der Waals surface area contributed by atoms with Gasteiger partial charge in [0.05, 0.1) is 27.0 Å². The van der Waals surface area contributed by atoms with Gasteiger partial charge in [-0.1, -0.05) is 6.58 Å². The number of benzene rings is 2. The SMILES string of the molecule is C=COCCn1nc(-c2ccc(OC)cc2)c(-c2ccc(OC)cc2)nc1=O. The first-order valence-electron chi connectivity index (χ1n) is 8.66. The number of nitrogens with zero attached hydrogens (tertiary/aromatic N) is 3. The van der Waals surface area contributed by atoms with Gasteiger partial charge in [0.15, 0.2) is 0 Å². The Morgan fingerprint density at radius 1 is 0.929 bits per heavy atom. The van der Waals surface area contributed by atoms with E-state index in [1.165, 1.54) is 10.9 Å². The van der Waals surface area contributed by atoms with Crippen molar-refractivity contribution in [1.82, 2.24) is 14.8 Å². The van der Waals surface area contributed by atoms with E-state index in [4.69, 9.17) is 14.2 Å². The molecule has 0 aliphatic rings. The van der Waals surface area contributed by atoms with Crippen molar-refractivity contribution in [3.63, 3.8) is 0 Å². The van der Waals surface area contributed by atoms with Crippen LogP contribution in [-0.2, 0) is 11.3 Å². The molecule has 0 saturated heterocycles. The van der Waals surface area contributed by atoms with E-state index in [1.807, 2.05) is 48.5 Å². The minimum Gasteiger partial charge on any atom is -0.500 e. The van der Waals surface area contributed by atoms with Gasteiger partial charge < -0.3 is 14.2 Å². The van der Waals surface area contributed by atoms with Gasteiger partial charge in [-0.05, 0) is 48.5 Å². The predicted octanol–water partition coefficient (Wildman–Crippen LogP) is 3.15. The fourth-order valence-corrected chi connectivity index (χ4v) is 2.68. The molecule has 0 N–H and O–H groups in total. The van der Waals surface area contributed by atoms with E-state index >= 15 is 0 Å². The summed E-state index contributed by atoms with van der Waals surface area (Å²) in [6, 6.07) is 14.8. The first kappa shape index (κ1) is 19.2. The molecule has 28 heavy (non-hydrogen) atoms. The zero-order valence-electron chi connectivity index (χ0n) is 15.8. The molecule has 0 aliphatic heterocycles. The van der Waals surface area contributed by atoms with Crippen molar-refractivity contribution in [2.45, 2.75) is 6.54 Å². The number of rotatable bonds is 8. The summed E-state index contributed by atoms with van der Waals surface area (Å²) in [6.45, 7) is 4.04. The first-order valence-corrected chi connectivity index (χ1v) is 8.66. The van der Waals surface area contributed by atoms with Gasteiger partial charge in [-0.3, -0.25) is 0 Å². The second-order valence-electron chi connectivity index (χ2n) is 5.81. The highest BCUT2D eigenvalue weighted by Crippen LogP contribution is 2.29. The predicted molar refractivity (Wildman–Crippen MR) is 106 cm³/mol. The minimum atomic E-state index is -0.448. The van der Waals surface area contributed by atoms with Crippen molar-refractivity contribution < 1.29 is 14.2 Å². The number of hydrogen-bond donors (Lipinski definition) is 0. The fraction of sp³-hybridized carbons (Fsp3) is 0.190. The Hall–Kier alpha value is -3.61. The molecule has 0 bridgehead atoms. The van der Waals surface area contributed by atoms with Crippen LogP contribution in [0.5, 0.6) is 11.5 Å². The quantitative estimate of drug-likeness (QED) is 0.442. The third kappa shape index (κ3) is 4.20. The van der Waals surface area contributed by atoms with Gasteiger partial charge in [-0.15, -0.1) is 0 Å². The van der Waals surface area contributed by atoms with Gasteiger partial charge in [-0.25, -0.2) is 9.48 Å². The van der Waals surface area contributed by atoms with Gasteiger partial charge in [0.1, 0.15) is 29.5 Å². The third-order valence-electron chi connectivity index (χ3n) is 4.14. The van der Waals surface area contributed by atoms with Crippen LogP contribution in [0.3, 0.4) is 0 Å². The van der Waals surface area contributed by atoms with Crippen LogP contribution in [0.25, 0.3) is 22.5 Å². The maximum atomic E-state index is 12.5. The van der Waals surface area contributed by atoms with Gasteiger partial charge in [0.25, 0.3) is 0 Å². The lowest BCUT2D eigenvalue weighted by atomic mass is 10.0. The van der Waals surface area contributed by atoms with Crippen LogP contribution in [0.2, 0.25) is 0 Å². The summed E-state index contributed by atoms with van der Waals surface area (Å²) in [4.78, 5) is 16.8. The Kier molecular flexibility index (Phi) is 6.06. The maximum Gasteiger partial charge on any atom is 0.364 e. The third-order valence-corrected chi connectivity index (χ3v) is 4.14. The summed E-state index contributed by atoms with van der Waals surface area (Å²) in [5, 5.41) is 4.54. The molecule has 0 spiro atoms. The van der Waals surface area contributed by atoms with Crippen LogP contribution in [0.15, 0.2) is 66.2 Å². The molecule has 1 heterocycles. The Bertz CT molecular complexity index is 996. The Morgan fingerprint density at radius 3 is 1.96 bits per heavy atom. The molecule has 0 radical (unpaired) electrons. The number of aromatic nitrogens is 3. The molecule has 7 nitrogen and oxygen atoms in total. The van der Waals surface area contributed by atoms with Crippen molar-refractivity contribution in [1.29, 1.82) is 0 Å². The molecular formula is C21H21N3O4. The molecular weight excluding hydrogens is 358 g/mol. The van der Waals surface area contributed by atoms with Crippen LogP contribution < -0.4 is 15.2 Å². The van der Waals surface area contributed by atoms with Crippen LogP contribution >= 0.6 is 0 Å². The smallest absolute Gasteiger partial charge is 0.364 e. The largest absolute Gasteiger partial charge is 0.500 e. The highest BCUT2D eigenvalue weighted by Gasteiger charge is 2.15. The average Bonchev–Trinajstić information content (AvgIpc) is 2.75. The molecule has 7 heteroatoms. The Morgan fingerprint density at radius 2 is 1.46 bits per heavy atom. The van der Waals surface area contributed by atoms with E-state index < -0.39 is 5.69 Å². The average molecular weight is 379 g/mol. The summed E-state index contributed by atoms with van der Waals surface area (Å²) in [6.07, 6.45) is 1.33. The Labute approximate surface area is 162 Å². The van der Waals surface area contributed by atoms with E-state index in [1.54, 1.807) is 14.2 Å². The first-order chi connectivity index (χ1) is 13.7.